The Morgan fingerprint density at radius 3 is 2.77 bits per heavy atom. The van der Waals surface area contributed by atoms with Crippen LogP contribution < -0.4 is 0 Å². The monoisotopic (exact) mass is 345 g/mol. The molecular formula is C20H19N5O. The third kappa shape index (κ3) is 2.49. The van der Waals surface area contributed by atoms with E-state index in [1.807, 2.05) is 43.3 Å². The van der Waals surface area contributed by atoms with Gasteiger partial charge in [-0.05, 0) is 49.6 Å². The average Bonchev–Trinajstić information content (AvgIpc) is 3.41. The van der Waals surface area contributed by atoms with Crippen molar-refractivity contribution < 1.29 is 4.52 Å². The maximum Gasteiger partial charge on any atom is 0.258 e. The summed E-state index contributed by atoms with van der Waals surface area (Å²) in [5.41, 5.74) is 4.90. The van der Waals surface area contributed by atoms with Gasteiger partial charge in [-0.2, -0.15) is 4.98 Å². The van der Waals surface area contributed by atoms with E-state index in [2.05, 4.69) is 31.2 Å². The topological polar surface area (TPSA) is 69.6 Å². The Morgan fingerprint density at radius 1 is 1.08 bits per heavy atom. The third-order valence-corrected chi connectivity index (χ3v) is 5.20. The van der Waals surface area contributed by atoms with Gasteiger partial charge in [-0.3, -0.25) is 0 Å². The summed E-state index contributed by atoms with van der Waals surface area (Å²) < 4.78 is 7.55. The molecule has 0 saturated heterocycles. The molecule has 4 aromatic rings. The highest BCUT2D eigenvalue weighted by molar-refractivity contribution is 5.80. The molecule has 0 radical (unpaired) electrons. The van der Waals surface area contributed by atoms with Crippen LogP contribution in [0.25, 0.3) is 33.9 Å². The summed E-state index contributed by atoms with van der Waals surface area (Å²) >= 11 is 0. The molecule has 0 spiro atoms. The van der Waals surface area contributed by atoms with Crippen molar-refractivity contribution in [2.24, 2.45) is 0 Å². The Labute approximate surface area is 150 Å². The maximum atomic E-state index is 5.48. The number of hydrogen-bond donors (Lipinski definition) is 0. The van der Waals surface area contributed by atoms with Crippen LogP contribution >= 0.6 is 0 Å². The average molecular weight is 345 g/mol. The predicted molar refractivity (Wildman–Crippen MR) is 98.5 cm³/mol. The first-order chi connectivity index (χ1) is 12.8. The normalized spacial score (nSPS) is 15.1. The molecule has 2 aromatic carbocycles. The number of fused-ring (bicyclic) bond motifs is 1. The van der Waals surface area contributed by atoms with Gasteiger partial charge in [-0.1, -0.05) is 41.4 Å². The van der Waals surface area contributed by atoms with E-state index in [0.29, 0.717) is 17.8 Å². The van der Waals surface area contributed by atoms with Crippen molar-refractivity contribution >= 4 is 11.0 Å². The molecule has 0 unspecified atom stereocenters. The summed E-state index contributed by atoms with van der Waals surface area (Å²) in [5.74, 6) is 1.10. The molecule has 1 aliphatic carbocycles. The molecule has 0 bridgehead atoms. The van der Waals surface area contributed by atoms with Crippen LogP contribution in [-0.2, 0) is 0 Å². The highest BCUT2D eigenvalue weighted by atomic mass is 16.5. The van der Waals surface area contributed by atoms with Crippen LogP contribution in [-0.4, -0.2) is 25.1 Å². The van der Waals surface area contributed by atoms with Gasteiger partial charge in [0.25, 0.3) is 5.89 Å². The largest absolute Gasteiger partial charge is 0.334 e. The van der Waals surface area contributed by atoms with Gasteiger partial charge in [0.05, 0.1) is 11.6 Å². The van der Waals surface area contributed by atoms with Crippen molar-refractivity contribution in [3.8, 4) is 22.8 Å². The molecule has 1 saturated carbocycles. The molecule has 0 atom stereocenters. The third-order valence-electron chi connectivity index (χ3n) is 5.20. The van der Waals surface area contributed by atoms with Gasteiger partial charge < -0.3 is 4.52 Å². The van der Waals surface area contributed by atoms with E-state index >= 15 is 0 Å². The van der Waals surface area contributed by atoms with Gasteiger partial charge in [-0.15, -0.1) is 5.10 Å². The van der Waals surface area contributed by atoms with Crippen LogP contribution in [0, 0.1) is 6.92 Å². The van der Waals surface area contributed by atoms with E-state index in [-0.39, 0.29) is 0 Å². The lowest BCUT2D eigenvalue weighted by atomic mass is 10.1. The van der Waals surface area contributed by atoms with Gasteiger partial charge in [0.15, 0.2) is 0 Å². The van der Waals surface area contributed by atoms with E-state index in [9.17, 15) is 0 Å². The molecule has 5 rings (SSSR count). The lowest BCUT2D eigenvalue weighted by molar-refractivity contribution is 0.432. The van der Waals surface area contributed by atoms with E-state index in [4.69, 9.17) is 4.52 Å². The van der Waals surface area contributed by atoms with Crippen LogP contribution in [0.2, 0.25) is 0 Å². The standard InChI is InChI=1S/C20H19N5O/c1-13-6-2-5-9-16(13)20-21-19(23-26-20)14-10-11-18-17(12-14)22-24-25(18)15-7-3-4-8-15/h2,5-6,9-12,15H,3-4,7-8H2,1H3. The minimum Gasteiger partial charge on any atom is -0.334 e. The Hall–Kier alpha value is -3.02. The second-order valence-corrected chi connectivity index (χ2v) is 6.91. The van der Waals surface area contributed by atoms with Crippen molar-refractivity contribution in [2.45, 2.75) is 38.6 Å². The van der Waals surface area contributed by atoms with Gasteiger partial charge in [0.1, 0.15) is 5.52 Å². The highest BCUT2D eigenvalue weighted by Crippen LogP contribution is 2.32. The van der Waals surface area contributed by atoms with Crippen molar-refractivity contribution in [1.82, 2.24) is 25.1 Å². The maximum absolute atomic E-state index is 5.48. The van der Waals surface area contributed by atoms with E-state index in [1.165, 1.54) is 25.7 Å². The van der Waals surface area contributed by atoms with Crippen molar-refractivity contribution in [2.75, 3.05) is 0 Å². The van der Waals surface area contributed by atoms with Crippen LogP contribution in [0.3, 0.4) is 0 Å². The van der Waals surface area contributed by atoms with Crippen LogP contribution in [0.4, 0.5) is 0 Å². The zero-order chi connectivity index (χ0) is 17.5. The fourth-order valence-electron chi connectivity index (χ4n) is 3.76. The van der Waals surface area contributed by atoms with Gasteiger partial charge in [-0.25, -0.2) is 4.68 Å². The van der Waals surface area contributed by atoms with Crippen molar-refractivity contribution in [3.63, 3.8) is 0 Å². The molecule has 1 aliphatic rings. The number of aryl methyl sites for hydroxylation is 1. The Kier molecular flexibility index (Phi) is 3.55. The summed E-state index contributed by atoms with van der Waals surface area (Å²) in [4.78, 5) is 4.57. The van der Waals surface area contributed by atoms with Gasteiger partial charge in [0.2, 0.25) is 5.82 Å². The molecule has 2 heterocycles. The van der Waals surface area contributed by atoms with Gasteiger partial charge >= 0.3 is 0 Å². The zero-order valence-corrected chi connectivity index (χ0v) is 14.6. The molecule has 0 amide bonds. The molecule has 6 nitrogen and oxygen atoms in total. The first kappa shape index (κ1) is 15.3. The second kappa shape index (κ2) is 6.05. The quantitative estimate of drug-likeness (QED) is 0.544. The lowest BCUT2D eigenvalue weighted by Gasteiger charge is -2.09. The predicted octanol–water partition coefficient (Wildman–Crippen LogP) is 4.57. The van der Waals surface area contributed by atoms with Crippen LogP contribution in [0.5, 0.6) is 0 Å². The molecule has 1 fully saturated rings. The van der Waals surface area contributed by atoms with E-state index in [0.717, 1.165) is 27.7 Å². The molecule has 2 aromatic heterocycles. The Balaban J connectivity index is 1.51. The molecule has 0 N–H and O–H groups in total. The minimum absolute atomic E-state index is 0.476. The molecule has 0 aliphatic heterocycles. The SMILES string of the molecule is Cc1ccccc1-c1nc(-c2ccc3c(c2)nnn3C2CCCC2)no1. The van der Waals surface area contributed by atoms with E-state index < -0.39 is 0 Å². The number of aromatic nitrogens is 5. The molecule has 26 heavy (non-hydrogen) atoms. The number of rotatable bonds is 3. The molecule has 130 valence electrons. The van der Waals surface area contributed by atoms with Gasteiger partial charge in [0, 0.05) is 11.1 Å². The van der Waals surface area contributed by atoms with E-state index in [1.54, 1.807) is 0 Å². The first-order valence-electron chi connectivity index (χ1n) is 9.04. The second-order valence-electron chi connectivity index (χ2n) is 6.91. The van der Waals surface area contributed by atoms with Crippen LogP contribution in [0.15, 0.2) is 47.0 Å². The lowest BCUT2D eigenvalue weighted by Crippen LogP contribution is -2.06. The Morgan fingerprint density at radius 2 is 1.92 bits per heavy atom. The minimum atomic E-state index is 0.476. The summed E-state index contributed by atoms with van der Waals surface area (Å²) in [7, 11) is 0. The fraction of sp³-hybridized carbons (Fsp3) is 0.300. The van der Waals surface area contributed by atoms with Crippen molar-refractivity contribution in [3.05, 3.63) is 48.0 Å². The summed E-state index contributed by atoms with van der Waals surface area (Å²) in [6.07, 6.45) is 4.92. The molecular weight excluding hydrogens is 326 g/mol. The Bertz CT molecular complexity index is 1070. The summed E-state index contributed by atoms with van der Waals surface area (Å²) in [6.45, 7) is 2.03. The number of benzene rings is 2. The highest BCUT2D eigenvalue weighted by Gasteiger charge is 2.21. The number of hydrogen-bond acceptors (Lipinski definition) is 5. The first-order valence-corrected chi connectivity index (χ1v) is 9.04. The zero-order valence-electron chi connectivity index (χ0n) is 14.6. The fourth-order valence-corrected chi connectivity index (χ4v) is 3.76. The summed E-state index contributed by atoms with van der Waals surface area (Å²) in [5, 5.41) is 12.9. The smallest absolute Gasteiger partial charge is 0.258 e. The summed E-state index contributed by atoms with van der Waals surface area (Å²) in [6, 6.07) is 14.5. The van der Waals surface area contributed by atoms with Crippen LogP contribution in [0.1, 0.15) is 37.3 Å². The number of nitrogens with zero attached hydrogens (tertiary/aromatic N) is 5. The van der Waals surface area contributed by atoms with Crippen molar-refractivity contribution in [1.29, 1.82) is 0 Å². The molecule has 6 heteroatoms.